The normalized spacial score (nSPS) is 12.6. The van der Waals surface area contributed by atoms with Gasteiger partial charge in [-0.15, -0.1) is 15.8 Å². The topological polar surface area (TPSA) is 29.1 Å². The predicted molar refractivity (Wildman–Crippen MR) is 63.9 cm³/mol. The van der Waals surface area contributed by atoms with Crippen LogP contribution in [0.3, 0.4) is 0 Å². The molecule has 1 amide bonds. The molecule has 2 rings (SSSR count). The quantitative estimate of drug-likeness (QED) is 0.817. The van der Waals surface area contributed by atoms with Crippen molar-refractivity contribution >= 4 is 27.3 Å². The lowest BCUT2D eigenvalue weighted by molar-refractivity contribution is -0.128. The van der Waals surface area contributed by atoms with E-state index in [9.17, 15) is 9.28 Å². The molecule has 0 saturated carbocycles. The summed E-state index contributed by atoms with van der Waals surface area (Å²) in [6.45, 7) is 1.72. The number of halogens is 1. The minimum atomic E-state index is -0.558. The monoisotopic (exact) mass is 237 g/mol. The third kappa shape index (κ3) is 2.22. The van der Waals surface area contributed by atoms with E-state index in [0.29, 0.717) is 6.42 Å². The molecule has 0 aliphatic heterocycles. The first kappa shape index (κ1) is 11.1. The number of nitrogens with one attached hydrogen (secondary N) is 1. The number of amides is 1. The molecule has 1 N–H and O–H groups in total. The van der Waals surface area contributed by atoms with Crippen molar-refractivity contribution in [2.45, 2.75) is 13.3 Å². The molecule has 16 heavy (non-hydrogen) atoms. The molecule has 1 aromatic heterocycles. The number of carbonyl (C=O) groups is 1. The molecule has 0 aliphatic rings. The Morgan fingerprint density at radius 1 is 1.50 bits per heavy atom. The molecular weight excluding hydrogens is 225 g/mol. The second-order valence-corrected chi connectivity index (χ2v) is 4.98. The van der Waals surface area contributed by atoms with Gasteiger partial charge in [0, 0.05) is 15.5 Å². The summed E-state index contributed by atoms with van der Waals surface area (Å²) >= 11 is 1.65. The number of hydrogen-bond acceptors (Lipinski definition) is 2. The van der Waals surface area contributed by atoms with E-state index in [0.717, 1.165) is 4.88 Å². The van der Waals surface area contributed by atoms with Crippen LogP contribution in [0.15, 0.2) is 30.3 Å². The van der Waals surface area contributed by atoms with E-state index >= 15 is 0 Å². The van der Waals surface area contributed by atoms with Gasteiger partial charge in [-0.2, -0.15) is 5.54 Å². The number of benzene rings is 1. The van der Waals surface area contributed by atoms with Gasteiger partial charge in [0.2, 0.25) is 0 Å². The molecule has 4 heteroatoms. The lowest BCUT2D eigenvalue weighted by Gasteiger charge is -2.05. The number of carbonyl (C=O) groups excluding carboxylic acids is 1. The second-order valence-electron chi connectivity index (χ2n) is 3.81. The van der Waals surface area contributed by atoms with Crippen LogP contribution in [-0.2, 0) is 11.2 Å². The maximum Gasteiger partial charge on any atom is 0.250 e. The molecule has 1 atom stereocenters. The van der Waals surface area contributed by atoms with Crippen LogP contribution in [-0.4, -0.2) is 5.91 Å². The molecule has 0 radical (unpaired) electrons. The maximum atomic E-state index is 11.9. The highest BCUT2D eigenvalue weighted by Gasteiger charge is 2.14. The van der Waals surface area contributed by atoms with Crippen LogP contribution in [0.25, 0.3) is 10.1 Å². The van der Waals surface area contributed by atoms with Crippen LogP contribution in [0.1, 0.15) is 11.8 Å². The van der Waals surface area contributed by atoms with Crippen LogP contribution in [0.4, 0.5) is 4.48 Å². The Kier molecular flexibility index (Phi) is 3.19. The van der Waals surface area contributed by atoms with Crippen molar-refractivity contribution in [1.29, 1.82) is 0 Å². The summed E-state index contributed by atoms with van der Waals surface area (Å²) in [5.41, 5.74) is 1.18. The Bertz CT molecular complexity index is 475. The van der Waals surface area contributed by atoms with E-state index in [1.165, 1.54) is 15.6 Å². The summed E-state index contributed by atoms with van der Waals surface area (Å²) in [7, 11) is 0. The zero-order valence-corrected chi connectivity index (χ0v) is 9.68. The molecule has 2 aromatic rings. The summed E-state index contributed by atoms with van der Waals surface area (Å²) < 4.78 is 13.1. The first-order chi connectivity index (χ1) is 7.70. The van der Waals surface area contributed by atoms with Gasteiger partial charge in [0.05, 0.1) is 0 Å². The van der Waals surface area contributed by atoms with Gasteiger partial charge in [-0.05, 0) is 23.9 Å². The molecule has 0 unspecified atom stereocenters. The average Bonchev–Trinajstić information content (AvgIpc) is 2.69. The molecular formula is C12H12FNOS. The molecule has 1 aromatic carbocycles. The maximum absolute atomic E-state index is 11.9. The first-order valence-corrected chi connectivity index (χ1v) is 5.90. The number of hydrogen-bond donors (Lipinski definition) is 1. The van der Waals surface area contributed by atoms with Crippen LogP contribution in [0.2, 0.25) is 0 Å². The Balaban J connectivity index is 2.18. The first-order valence-electron chi connectivity index (χ1n) is 5.08. The highest BCUT2D eigenvalue weighted by Crippen LogP contribution is 2.27. The van der Waals surface area contributed by atoms with Crippen molar-refractivity contribution in [3.63, 3.8) is 0 Å². The number of thiophene rings is 1. The summed E-state index contributed by atoms with van der Waals surface area (Å²) in [6, 6.07) is 10.1. The van der Waals surface area contributed by atoms with Crippen molar-refractivity contribution in [3.8, 4) is 0 Å². The van der Waals surface area contributed by atoms with Crippen molar-refractivity contribution in [3.05, 3.63) is 35.2 Å². The fraction of sp³-hybridized carbons (Fsp3) is 0.250. The van der Waals surface area contributed by atoms with E-state index < -0.39 is 5.91 Å². The summed E-state index contributed by atoms with van der Waals surface area (Å²) in [5.74, 6) is -0.893. The van der Waals surface area contributed by atoms with E-state index in [-0.39, 0.29) is 5.92 Å². The Labute approximate surface area is 97.0 Å². The molecule has 0 bridgehead atoms. The van der Waals surface area contributed by atoms with Crippen LogP contribution < -0.4 is 5.54 Å². The molecule has 84 valence electrons. The van der Waals surface area contributed by atoms with Gasteiger partial charge in [0.1, 0.15) is 0 Å². The predicted octanol–water partition coefficient (Wildman–Crippen LogP) is 3.08. The summed E-state index contributed by atoms with van der Waals surface area (Å²) in [4.78, 5) is 12.2. The minimum absolute atomic E-state index is 0.335. The SMILES string of the molecule is C[C@@H](Cc1cc2ccccc2s1)C(=O)NF. The molecule has 2 nitrogen and oxygen atoms in total. The second kappa shape index (κ2) is 4.61. The molecule has 0 fully saturated rings. The van der Waals surface area contributed by atoms with E-state index in [1.807, 2.05) is 24.3 Å². The summed E-state index contributed by atoms with van der Waals surface area (Å²) in [5, 5.41) is 1.18. The highest BCUT2D eigenvalue weighted by atomic mass is 32.1. The highest BCUT2D eigenvalue weighted by molar-refractivity contribution is 7.19. The number of fused-ring (bicyclic) bond motifs is 1. The Morgan fingerprint density at radius 3 is 2.94 bits per heavy atom. The van der Waals surface area contributed by atoms with Gasteiger partial charge < -0.3 is 0 Å². The molecule has 0 spiro atoms. The van der Waals surface area contributed by atoms with Crippen LogP contribution in [0, 0.1) is 5.92 Å². The minimum Gasteiger partial charge on any atom is -0.272 e. The van der Waals surface area contributed by atoms with E-state index in [1.54, 1.807) is 18.3 Å². The lowest BCUT2D eigenvalue weighted by Crippen LogP contribution is -2.23. The smallest absolute Gasteiger partial charge is 0.250 e. The zero-order valence-electron chi connectivity index (χ0n) is 8.87. The van der Waals surface area contributed by atoms with Crippen molar-refractivity contribution < 1.29 is 9.28 Å². The van der Waals surface area contributed by atoms with Crippen LogP contribution in [0.5, 0.6) is 0 Å². The standard InChI is InChI=1S/C12H12FNOS/c1-8(12(15)14-13)6-10-7-9-4-2-3-5-11(9)16-10/h2-5,7-8H,6H2,1H3,(H,14,15)/t8-/m0/s1. The number of rotatable bonds is 3. The van der Waals surface area contributed by atoms with E-state index in [2.05, 4.69) is 6.07 Å². The Morgan fingerprint density at radius 2 is 2.25 bits per heavy atom. The Hall–Kier alpha value is -1.42. The van der Waals surface area contributed by atoms with Gasteiger partial charge >= 0.3 is 0 Å². The van der Waals surface area contributed by atoms with Crippen molar-refractivity contribution in [1.82, 2.24) is 5.54 Å². The zero-order chi connectivity index (χ0) is 11.5. The third-order valence-corrected chi connectivity index (χ3v) is 3.66. The van der Waals surface area contributed by atoms with Gasteiger partial charge in [0.25, 0.3) is 5.91 Å². The van der Waals surface area contributed by atoms with Gasteiger partial charge in [-0.3, -0.25) is 4.79 Å². The fourth-order valence-corrected chi connectivity index (χ4v) is 2.82. The lowest BCUT2D eigenvalue weighted by atomic mass is 10.1. The van der Waals surface area contributed by atoms with E-state index in [4.69, 9.17) is 0 Å². The van der Waals surface area contributed by atoms with Crippen molar-refractivity contribution in [2.24, 2.45) is 5.92 Å². The molecule has 0 aliphatic carbocycles. The molecule has 1 heterocycles. The van der Waals surface area contributed by atoms with Crippen LogP contribution >= 0.6 is 11.3 Å². The molecule has 0 saturated heterocycles. The fourth-order valence-electron chi connectivity index (χ4n) is 1.63. The van der Waals surface area contributed by atoms with Crippen molar-refractivity contribution in [2.75, 3.05) is 0 Å². The van der Waals surface area contributed by atoms with Gasteiger partial charge in [-0.25, -0.2) is 0 Å². The van der Waals surface area contributed by atoms with Gasteiger partial charge in [0.15, 0.2) is 0 Å². The third-order valence-electron chi connectivity index (χ3n) is 2.52. The summed E-state index contributed by atoms with van der Waals surface area (Å²) in [6.07, 6.45) is 0.578. The van der Waals surface area contributed by atoms with Gasteiger partial charge in [-0.1, -0.05) is 25.1 Å². The average molecular weight is 237 g/mol. The largest absolute Gasteiger partial charge is 0.272 e.